The molecule has 0 aromatic heterocycles. The highest BCUT2D eigenvalue weighted by atomic mass is 32.2. The number of nitrogens with one attached hydrogen (secondary N) is 2. The summed E-state index contributed by atoms with van der Waals surface area (Å²) in [5.41, 5.74) is 0. The van der Waals surface area contributed by atoms with Gasteiger partial charge in [-0.3, -0.25) is 4.79 Å². The van der Waals surface area contributed by atoms with Crippen molar-refractivity contribution in [2.75, 3.05) is 12.8 Å². The predicted molar refractivity (Wildman–Crippen MR) is 72.9 cm³/mol. The standard InChI is InChI=1S/C12H22N2O3S/c1-8(2)9(6-10(15)16)14-11(17)13-7-12(18-3)4-5-12/h8-9H,4-7H2,1-3H3,(H,15,16)(H2,13,14,17). The molecule has 0 aromatic carbocycles. The molecule has 0 saturated heterocycles. The lowest BCUT2D eigenvalue weighted by molar-refractivity contribution is -0.137. The zero-order valence-electron chi connectivity index (χ0n) is 11.2. The van der Waals surface area contributed by atoms with Crippen LogP contribution in [0.25, 0.3) is 0 Å². The van der Waals surface area contributed by atoms with Crippen LogP contribution in [-0.2, 0) is 4.79 Å². The van der Waals surface area contributed by atoms with Crippen LogP contribution in [-0.4, -0.2) is 40.7 Å². The van der Waals surface area contributed by atoms with E-state index in [1.54, 1.807) is 11.8 Å². The van der Waals surface area contributed by atoms with E-state index in [2.05, 4.69) is 10.6 Å². The minimum absolute atomic E-state index is 0.0429. The van der Waals surface area contributed by atoms with Crippen LogP contribution < -0.4 is 10.6 Å². The molecule has 1 unspecified atom stereocenters. The average Bonchev–Trinajstić information content (AvgIpc) is 3.05. The van der Waals surface area contributed by atoms with Gasteiger partial charge in [0.25, 0.3) is 0 Å². The summed E-state index contributed by atoms with van der Waals surface area (Å²) in [6, 6.07) is -0.595. The molecule has 0 spiro atoms. The van der Waals surface area contributed by atoms with Gasteiger partial charge in [0.05, 0.1) is 6.42 Å². The minimum Gasteiger partial charge on any atom is -0.481 e. The van der Waals surface area contributed by atoms with Gasteiger partial charge in [0.2, 0.25) is 0 Å². The minimum atomic E-state index is -0.892. The molecule has 18 heavy (non-hydrogen) atoms. The molecule has 1 saturated carbocycles. The summed E-state index contributed by atoms with van der Waals surface area (Å²) in [5, 5.41) is 14.3. The number of carboxylic acids is 1. The van der Waals surface area contributed by atoms with Crippen LogP contribution in [0.2, 0.25) is 0 Å². The normalized spacial score (nSPS) is 18.2. The van der Waals surface area contributed by atoms with Gasteiger partial charge in [0.1, 0.15) is 0 Å². The molecule has 6 heteroatoms. The summed E-state index contributed by atoms with van der Waals surface area (Å²) in [6.45, 7) is 4.45. The Balaban J connectivity index is 2.34. The van der Waals surface area contributed by atoms with Gasteiger partial charge in [0, 0.05) is 17.3 Å². The highest BCUT2D eigenvalue weighted by Gasteiger charge is 2.42. The number of hydrogen-bond donors (Lipinski definition) is 3. The lowest BCUT2D eigenvalue weighted by Gasteiger charge is -2.22. The number of carboxylic acid groups (broad SMARTS) is 1. The maximum absolute atomic E-state index is 11.7. The van der Waals surface area contributed by atoms with Crippen molar-refractivity contribution in [2.24, 2.45) is 5.92 Å². The van der Waals surface area contributed by atoms with Crippen molar-refractivity contribution < 1.29 is 14.7 Å². The Bertz CT molecular complexity index is 316. The molecule has 1 aliphatic carbocycles. The quantitative estimate of drug-likeness (QED) is 0.660. The summed E-state index contributed by atoms with van der Waals surface area (Å²) in [5.74, 6) is -0.793. The molecule has 1 rings (SSSR count). The lowest BCUT2D eigenvalue weighted by atomic mass is 10.0. The highest BCUT2D eigenvalue weighted by molar-refractivity contribution is 8.00. The van der Waals surface area contributed by atoms with E-state index in [4.69, 9.17) is 5.11 Å². The summed E-state index contributed by atoms with van der Waals surface area (Å²) < 4.78 is 0.220. The number of aliphatic carboxylic acids is 1. The molecule has 0 aromatic rings. The van der Waals surface area contributed by atoms with E-state index in [1.165, 1.54) is 0 Å². The number of hydrogen-bond acceptors (Lipinski definition) is 3. The Hall–Kier alpha value is -0.910. The summed E-state index contributed by atoms with van der Waals surface area (Å²) in [7, 11) is 0. The number of thioether (sulfide) groups is 1. The van der Waals surface area contributed by atoms with E-state index in [9.17, 15) is 9.59 Å². The molecule has 0 radical (unpaired) electrons. The first kappa shape index (κ1) is 15.1. The monoisotopic (exact) mass is 274 g/mol. The van der Waals surface area contributed by atoms with Gasteiger partial charge >= 0.3 is 12.0 Å². The number of carbonyl (C=O) groups excluding carboxylic acids is 1. The van der Waals surface area contributed by atoms with Crippen molar-refractivity contribution in [1.82, 2.24) is 10.6 Å². The number of carbonyl (C=O) groups is 2. The first-order valence-electron chi connectivity index (χ1n) is 6.20. The maximum Gasteiger partial charge on any atom is 0.315 e. The first-order chi connectivity index (χ1) is 8.38. The van der Waals surface area contributed by atoms with Gasteiger partial charge in [-0.2, -0.15) is 11.8 Å². The van der Waals surface area contributed by atoms with E-state index in [-0.39, 0.29) is 29.2 Å². The second-order valence-corrected chi connectivity index (χ2v) is 6.44. The fourth-order valence-corrected chi connectivity index (χ4v) is 2.42. The zero-order chi connectivity index (χ0) is 13.8. The average molecular weight is 274 g/mol. The summed E-state index contributed by atoms with van der Waals surface area (Å²) in [4.78, 5) is 22.4. The smallest absolute Gasteiger partial charge is 0.315 e. The van der Waals surface area contributed by atoms with Gasteiger partial charge < -0.3 is 15.7 Å². The fraction of sp³-hybridized carbons (Fsp3) is 0.833. The molecule has 3 N–H and O–H groups in total. The molecule has 1 atom stereocenters. The lowest BCUT2D eigenvalue weighted by Crippen LogP contribution is -2.47. The molecule has 0 heterocycles. The number of urea groups is 1. The first-order valence-corrected chi connectivity index (χ1v) is 7.42. The van der Waals surface area contributed by atoms with Crippen LogP contribution in [0.5, 0.6) is 0 Å². The highest BCUT2D eigenvalue weighted by Crippen LogP contribution is 2.46. The van der Waals surface area contributed by atoms with Gasteiger partial charge in [0.15, 0.2) is 0 Å². The van der Waals surface area contributed by atoms with E-state index in [1.807, 2.05) is 20.1 Å². The Morgan fingerprint density at radius 3 is 2.39 bits per heavy atom. The second-order valence-electron chi connectivity index (χ2n) is 5.16. The van der Waals surface area contributed by atoms with Gasteiger partial charge in [-0.25, -0.2) is 4.79 Å². The molecule has 1 fully saturated rings. The second kappa shape index (κ2) is 6.31. The van der Waals surface area contributed by atoms with E-state index in [0.29, 0.717) is 6.54 Å². The maximum atomic E-state index is 11.7. The number of amides is 2. The molecule has 0 aliphatic heterocycles. The Morgan fingerprint density at radius 1 is 1.39 bits per heavy atom. The summed E-state index contributed by atoms with van der Waals surface area (Å²) >= 11 is 1.78. The molecular formula is C12H22N2O3S. The predicted octanol–water partition coefficient (Wildman–Crippen LogP) is 1.68. The molecule has 2 amide bonds. The summed E-state index contributed by atoms with van der Waals surface area (Å²) in [6.07, 6.45) is 4.28. The zero-order valence-corrected chi connectivity index (χ0v) is 12.0. The third kappa shape index (κ3) is 4.76. The Labute approximate surface area is 112 Å². The van der Waals surface area contributed by atoms with E-state index in [0.717, 1.165) is 12.8 Å². The van der Waals surface area contributed by atoms with Gasteiger partial charge in [-0.1, -0.05) is 13.8 Å². The van der Waals surface area contributed by atoms with Crippen molar-refractivity contribution >= 4 is 23.8 Å². The van der Waals surface area contributed by atoms with Crippen LogP contribution in [0.3, 0.4) is 0 Å². The number of rotatable bonds is 7. The Morgan fingerprint density at radius 2 is 2.00 bits per heavy atom. The molecule has 0 bridgehead atoms. The fourth-order valence-electron chi connectivity index (χ4n) is 1.69. The van der Waals surface area contributed by atoms with Crippen LogP contribution in [0.15, 0.2) is 0 Å². The van der Waals surface area contributed by atoms with Crippen LogP contribution in [0, 0.1) is 5.92 Å². The topological polar surface area (TPSA) is 78.4 Å². The van der Waals surface area contributed by atoms with Gasteiger partial charge in [-0.15, -0.1) is 0 Å². The van der Waals surface area contributed by atoms with Crippen molar-refractivity contribution in [1.29, 1.82) is 0 Å². The third-order valence-electron chi connectivity index (χ3n) is 3.33. The molecule has 104 valence electrons. The molecule has 5 nitrogen and oxygen atoms in total. The molecular weight excluding hydrogens is 252 g/mol. The van der Waals surface area contributed by atoms with Crippen molar-refractivity contribution in [3.8, 4) is 0 Å². The molecule has 1 aliphatic rings. The van der Waals surface area contributed by atoms with Crippen LogP contribution in [0.4, 0.5) is 4.79 Å². The Kier molecular flexibility index (Phi) is 5.31. The van der Waals surface area contributed by atoms with Crippen LogP contribution >= 0.6 is 11.8 Å². The largest absolute Gasteiger partial charge is 0.481 e. The third-order valence-corrected chi connectivity index (χ3v) is 4.75. The van der Waals surface area contributed by atoms with Crippen LogP contribution in [0.1, 0.15) is 33.1 Å². The van der Waals surface area contributed by atoms with Crippen molar-refractivity contribution in [3.05, 3.63) is 0 Å². The van der Waals surface area contributed by atoms with E-state index >= 15 is 0 Å². The van der Waals surface area contributed by atoms with Crippen molar-refractivity contribution in [3.63, 3.8) is 0 Å². The van der Waals surface area contributed by atoms with E-state index < -0.39 is 5.97 Å². The van der Waals surface area contributed by atoms with Gasteiger partial charge in [-0.05, 0) is 25.0 Å². The SMILES string of the molecule is CSC1(CNC(=O)NC(CC(=O)O)C(C)C)CC1. The van der Waals surface area contributed by atoms with Crippen molar-refractivity contribution in [2.45, 2.75) is 43.9 Å².